The number of benzene rings is 1. The zero-order valence-electron chi connectivity index (χ0n) is 8.57. The van der Waals surface area contributed by atoms with Crippen molar-refractivity contribution in [2.24, 2.45) is 0 Å². The number of phenolic OH excluding ortho intramolecular Hbond substituents is 1. The summed E-state index contributed by atoms with van der Waals surface area (Å²) in [4.78, 5) is 0. The van der Waals surface area contributed by atoms with Crippen LogP contribution >= 0.6 is 0 Å². The van der Waals surface area contributed by atoms with Crippen molar-refractivity contribution < 1.29 is 5.11 Å². The molecule has 0 spiro atoms. The highest BCUT2D eigenvalue weighted by Gasteiger charge is 2.20. The van der Waals surface area contributed by atoms with Gasteiger partial charge in [-0.1, -0.05) is 0 Å². The van der Waals surface area contributed by atoms with E-state index in [9.17, 15) is 5.11 Å². The molecule has 13 heavy (non-hydrogen) atoms. The van der Waals surface area contributed by atoms with Crippen LogP contribution in [0.4, 0.5) is 0 Å². The number of rotatable bonds is 0. The highest BCUT2D eigenvalue weighted by Crippen LogP contribution is 2.36. The highest BCUT2D eigenvalue weighted by atomic mass is 16.3. The van der Waals surface area contributed by atoms with Gasteiger partial charge >= 0.3 is 0 Å². The molecule has 1 aliphatic rings. The van der Waals surface area contributed by atoms with Gasteiger partial charge in [0.05, 0.1) is 0 Å². The minimum Gasteiger partial charge on any atom is -0.507 e. The number of hydrogen-bond donors (Lipinski definition) is 1. The van der Waals surface area contributed by atoms with Gasteiger partial charge in [0, 0.05) is 0 Å². The van der Waals surface area contributed by atoms with Crippen LogP contribution in [0.15, 0.2) is 0 Å². The molecule has 0 heterocycles. The summed E-state index contributed by atoms with van der Waals surface area (Å²) in [6, 6.07) is 0. The minimum absolute atomic E-state index is 0.512. The Balaban J connectivity index is 2.77. The first-order chi connectivity index (χ1) is 6.13. The van der Waals surface area contributed by atoms with E-state index in [1.54, 1.807) is 0 Å². The number of fused-ring (bicyclic) bond motifs is 1. The average Bonchev–Trinajstić information content (AvgIpc) is 2.59. The SMILES string of the molecule is Cc1c(C)c2c(c(C)c1O)CCC2. The van der Waals surface area contributed by atoms with Gasteiger partial charge in [-0.3, -0.25) is 0 Å². The lowest BCUT2D eigenvalue weighted by atomic mass is 9.94. The summed E-state index contributed by atoms with van der Waals surface area (Å²) in [7, 11) is 0. The number of aromatic hydroxyl groups is 1. The molecule has 1 nitrogen and oxygen atoms in total. The Morgan fingerprint density at radius 3 is 2.00 bits per heavy atom. The van der Waals surface area contributed by atoms with Crippen LogP contribution in [0.1, 0.15) is 34.2 Å². The van der Waals surface area contributed by atoms with Crippen molar-refractivity contribution in [3.8, 4) is 5.75 Å². The van der Waals surface area contributed by atoms with E-state index in [1.165, 1.54) is 29.5 Å². The first-order valence-electron chi connectivity index (χ1n) is 4.93. The Hall–Kier alpha value is -0.980. The van der Waals surface area contributed by atoms with E-state index >= 15 is 0 Å². The zero-order valence-corrected chi connectivity index (χ0v) is 8.57. The second kappa shape index (κ2) is 2.76. The number of hydrogen-bond acceptors (Lipinski definition) is 1. The summed E-state index contributed by atoms with van der Waals surface area (Å²) >= 11 is 0. The van der Waals surface area contributed by atoms with Crippen LogP contribution in [0, 0.1) is 20.8 Å². The topological polar surface area (TPSA) is 20.2 Å². The molecule has 1 aliphatic carbocycles. The summed E-state index contributed by atoms with van der Waals surface area (Å²) in [6.45, 7) is 6.17. The Bertz CT molecular complexity index is 329. The van der Waals surface area contributed by atoms with E-state index in [2.05, 4.69) is 6.92 Å². The quantitative estimate of drug-likeness (QED) is 0.644. The molecule has 70 valence electrons. The predicted octanol–water partition coefficient (Wildman–Crippen LogP) is 2.81. The fourth-order valence-corrected chi connectivity index (χ4v) is 2.40. The fourth-order valence-electron chi connectivity index (χ4n) is 2.40. The second-order valence-corrected chi connectivity index (χ2v) is 4.03. The van der Waals surface area contributed by atoms with Crippen molar-refractivity contribution in [1.82, 2.24) is 0 Å². The van der Waals surface area contributed by atoms with Crippen LogP contribution in [-0.2, 0) is 12.8 Å². The van der Waals surface area contributed by atoms with Crippen LogP contribution < -0.4 is 0 Å². The van der Waals surface area contributed by atoms with E-state index < -0.39 is 0 Å². The summed E-state index contributed by atoms with van der Waals surface area (Å²) in [5.41, 5.74) is 6.37. The lowest BCUT2D eigenvalue weighted by Crippen LogP contribution is -1.96. The molecule has 0 unspecified atom stereocenters. The van der Waals surface area contributed by atoms with Gasteiger partial charge < -0.3 is 5.11 Å². The van der Waals surface area contributed by atoms with E-state index in [0.29, 0.717) is 5.75 Å². The lowest BCUT2D eigenvalue weighted by Gasteiger charge is -2.13. The molecule has 0 saturated heterocycles. The third-order valence-corrected chi connectivity index (χ3v) is 3.40. The molecule has 0 fully saturated rings. The summed E-state index contributed by atoms with van der Waals surface area (Å²) in [6.07, 6.45) is 3.60. The first-order valence-corrected chi connectivity index (χ1v) is 4.93. The molecule has 0 atom stereocenters. The van der Waals surface area contributed by atoms with Gasteiger partial charge in [-0.25, -0.2) is 0 Å². The normalized spacial score (nSPS) is 14.7. The van der Waals surface area contributed by atoms with Crippen molar-refractivity contribution in [2.45, 2.75) is 40.0 Å². The van der Waals surface area contributed by atoms with Gasteiger partial charge in [0.1, 0.15) is 5.75 Å². The summed E-state index contributed by atoms with van der Waals surface area (Å²) in [5, 5.41) is 9.85. The van der Waals surface area contributed by atoms with E-state index in [0.717, 1.165) is 17.5 Å². The molecule has 1 aromatic carbocycles. The van der Waals surface area contributed by atoms with Crippen LogP contribution in [0.25, 0.3) is 0 Å². The van der Waals surface area contributed by atoms with Crippen molar-refractivity contribution in [2.75, 3.05) is 0 Å². The van der Waals surface area contributed by atoms with E-state index in [1.807, 2.05) is 13.8 Å². The Morgan fingerprint density at radius 2 is 1.38 bits per heavy atom. The van der Waals surface area contributed by atoms with Crippen molar-refractivity contribution in [1.29, 1.82) is 0 Å². The minimum atomic E-state index is 0.512. The molecule has 1 aromatic rings. The van der Waals surface area contributed by atoms with E-state index in [-0.39, 0.29) is 0 Å². The molecule has 0 saturated carbocycles. The Labute approximate surface area is 79.4 Å². The first kappa shape index (κ1) is 8.61. The highest BCUT2D eigenvalue weighted by molar-refractivity contribution is 5.55. The third kappa shape index (κ3) is 1.06. The number of phenols is 1. The molecule has 0 radical (unpaired) electrons. The maximum Gasteiger partial charge on any atom is 0.121 e. The molecular formula is C12H16O. The van der Waals surface area contributed by atoms with Crippen molar-refractivity contribution >= 4 is 0 Å². The molecule has 0 aromatic heterocycles. The molecule has 1 N–H and O–H groups in total. The fraction of sp³-hybridized carbons (Fsp3) is 0.500. The van der Waals surface area contributed by atoms with Crippen molar-refractivity contribution in [3.63, 3.8) is 0 Å². The van der Waals surface area contributed by atoms with Gasteiger partial charge in [0.15, 0.2) is 0 Å². The van der Waals surface area contributed by atoms with Crippen LogP contribution in [0.3, 0.4) is 0 Å². The molecule has 0 aliphatic heterocycles. The summed E-state index contributed by atoms with van der Waals surface area (Å²) < 4.78 is 0. The van der Waals surface area contributed by atoms with E-state index in [4.69, 9.17) is 0 Å². The monoisotopic (exact) mass is 176 g/mol. The van der Waals surface area contributed by atoms with Crippen LogP contribution in [-0.4, -0.2) is 5.11 Å². The molecule has 0 bridgehead atoms. The predicted molar refractivity (Wildman–Crippen MR) is 54.3 cm³/mol. The van der Waals surface area contributed by atoms with Gasteiger partial charge in [-0.2, -0.15) is 0 Å². The molecule has 0 amide bonds. The zero-order chi connectivity index (χ0) is 9.59. The van der Waals surface area contributed by atoms with Gasteiger partial charge in [-0.15, -0.1) is 0 Å². The lowest BCUT2D eigenvalue weighted by molar-refractivity contribution is 0.465. The Kier molecular flexibility index (Phi) is 1.83. The van der Waals surface area contributed by atoms with Crippen LogP contribution in [0.5, 0.6) is 5.75 Å². The standard InChI is InChI=1S/C12H16O/c1-7-8(2)12(13)9(3)11-6-4-5-10(7)11/h13H,4-6H2,1-3H3. The van der Waals surface area contributed by atoms with Gasteiger partial charge in [0.25, 0.3) is 0 Å². The largest absolute Gasteiger partial charge is 0.507 e. The smallest absolute Gasteiger partial charge is 0.121 e. The maximum atomic E-state index is 9.85. The van der Waals surface area contributed by atoms with Gasteiger partial charge in [0.2, 0.25) is 0 Å². The summed E-state index contributed by atoms with van der Waals surface area (Å²) in [5.74, 6) is 0.512. The Morgan fingerprint density at radius 1 is 0.846 bits per heavy atom. The molecule has 2 rings (SSSR count). The maximum absolute atomic E-state index is 9.85. The second-order valence-electron chi connectivity index (χ2n) is 4.03. The third-order valence-electron chi connectivity index (χ3n) is 3.40. The molecular weight excluding hydrogens is 160 g/mol. The van der Waals surface area contributed by atoms with Gasteiger partial charge in [-0.05, 0) is 67.9 Å². The molecule has 1 heteroatoms. The van der Waals surface area contributed by atoms with Crippen LogP contribution in [0.2, 0.25) is 0 Å². The van der Waals surface area contributed by atoms with Crippen molar-refractivity contribution in [3.05, 3.63) is 27.8 Å². The average molecular weight is 176 g/mol.